The van der Waals surface area contributed by atoms with Crippen molar-refractivity contribution in [1.29, 1.82) is 0 Å². The zero-order valence-electron chi connectivity index (χ0n) is 11.9. The summed E-state index contributed by atoms with van der Waals surface area (Å²) in [6.45, 7) is 6.93. The highest BCUT2D eigenvalue weighted by atomic mass is 32.1. The third-order valence-corrected chi connectivity index (χ3v) is 3.06. The molecule has 2 rings (SSSR count). The smallest absolute Gasteiger partial charge is 0.231 e. The fourth-order valence-electron chi connectivity index (χ4n) is 1.62. The topological polar surface area (TPSA) is 50.1 Å². The van der Waals surface area contributed by atoms with Crippen molar-refractivity contribution in [2.24, 2.45) is 0 Å². The number of nitrogens with one attached hydrogen (secondary N) is 2. The number of anilines is 1. The predicted octanol–water partition coefficient (Wildman–Crippen LogP) is 3.46. The Hall–Kier alpha value is -1.88. The van der Waals surface area contributed by atoms with E-state index in [1.807, 2.05) is 36.4 Å². The van der Waals surface area contributed by atoms with Crippen molar-refractivity contribution in [3.8, 4) is 0 Å². The van der Waals surface area contributed by atoms with Gasteiger partial charge in [0.15, 0.2) is 5.11 Å². The second-order valence-electron chi connectivity index (χ2n) is 5.62. The molecule has 2 N–H and O–H groups in total. The molecule has 2 aromatic rings. The number of hydrogen-bond donors (Lipinski definition) is 2. The summed E-state index contributed by atoms with van der Waals surface area (Å²) in [4.78, 5) is 0. The Labute approximate surface area is 124 Å². The van der Waals surface area contributed by atoms with Crippen molar-refractivity contribution >= 4 is 23.2 Å². The van der Waals surface area contributed by atoms with Crippen LogP contribution in [0.1, 0.15) is 32.0 Å². The van der Waals surface area contributed by atoms with E-state index in [0.717, 1.165) is 5.69 Å². The van der Waals surface area contributed by atoms with Crippen LogP contribution in [0.25, 0.3) is 0 Å². The Morgan fingerprint density at radius 2 is 1.95 bits per heavy atom. The van der Waals surface area contributed by atoms with Gasteiger partial charge in [-0.05, 0) is 17.8 Å². The molecule has 0 aliphatic rings. The van der Waals surface area contributed by atoms with E-state index < -0.39 is 0 Å². The highest BCUT2D eigenvalue weighted by Gasteiger charge is 2.19. The molecule has 1 aromatic carbocycles. The predicted molar refractivity (Wildman–Crippen MR) is 84.7 cm³/mol. The molecule has 0 saturated heterocycles. The first-order valence-electron chi connectivity index (χ1n) is 6.51. The van der Waals surface area contributed by atoms with E-state index in [0.29, 0.717) is 17.5 Å². The lowest BCUT2D eigenvalue weighted by Gasteiger charge is -2.12. The summed E-state index contributed by atoms with van der Waals surface area (Å²) in [5.41, 5.74) is 2.03. The van der Waals surface area contributed by atoms with Gasteiger partial charge in [-0.2, -0.15) is 0 Å². The zero-order valence-corrected chi connectivity index (χ0v) is 12.8. The monoisotopic (exact) mass is 289 g/mol. The molecule has 0 radical (unpaired) electrons. The molecule has 0 aliphatic carbocycles. The number of nitrogens with zero attached hydrogens (tertiary/aromatic N) is 1. The highest BCUT2D eigenvalue weighted by Crippen LogP contribution is 2.23. The largest absolute Gasteiger partial charge is 0.358 e. The Kier molecular flexibility index (Phi) is 4.39. The van der Waals surface area contributed by atoms with Crippen molar-refractivity contribution in [3.63, 3.8) is 0 Å². The molecule has 0 bridgehead atoms. The van der Waals surface area contributed by atoms with Crippen molar-refractivity contribution < 1.29 is 4.52 Å². The van der Waals surface area contributed by atoms with Gasteiger partial charge >= 0.3 is 0 Å². The summed E-state index contributed by atoms with van der Waals surface area (Å²) in [7, 11) is 0. The maximum absolute atomic E-state index is 5.23. The average molecular weight is 289 g/mol. The second kappa shape index (κ2) is 6.05. The van der Waals surface area contributed by atoms with Crippen LogP contribution in [0.2, 0.25) is 0 Å². The average Bonchev–Trinajstić information content (AvgIpc) is 2.86. The highest BCUT2D eigenvalue weighted by molar-refractivity contribution is 7.80. The zero-order chi connectivity index (χ0) is 14.6. The van der Waals surface area contributed by atoms with Crippen molar-refractivity contribution in [1.82, 2.24) is 10.5 Å². The minimum Gasteiger partial charge on any atom is -0.358 e. The molecule has 0 spiro atoms. The van der Waals surface area contributed by atoms with Crippen LogP contribution in [0.3, 0.4) is 0 Å². The van der Waals surface area contributed by atoms with Crippen LogP contribution in [0.4, 0.5) is 5.88 Å². The van der Waals surface area contributed by atoms with Gasteiger partial charge in [0.1, 0.15) is 0 Å². The number of aromatic nitrogens is 1. The van der Waals surface area contributed by atoms with Gasteiger partial charge in [0.25, 0.3) is 0 Å². The fraction of sp³-hybridized carbons (Fsp3) is 0.333. The molecule has 1 heterocycles. The van der Waals surface area contributed by atoms with Gasteiger partial charge in [0.05, 0.1) is 5.69 Å². The van der Waals surface area contributed by atoms with Crippen LogP contribution < -0.4 is 10.6 Å². The quantitative estimate of drug-likeness (QED) is 0.848. The van der Waals surface area contributed by atoms with Crippen molar-refractivity contribution in [2.75, 3.05) is 5.32 Å². The molecule has 4 nitrogen and oxygen atoms in total. The van der Waals surface area contributed by atoms with E-state index >= 15 is 0 Å². The Morgan fingerprint density at radius 1 is 1.25 bits per heavy atom. The minimum atomic E-state index is -0.0392. The molecular weight excluding hydrogens is 270 g/mol. The van der Waals surface area contributed by atoms with Gasteiger partial charge in [-0.15, -0.1) is 0 Å². The molecule has 5 heteroatoms. The summed E-state index contributed by atoms with van der Waals surface area (Å²) >= 11 is 5.23. The van der Waals surface area contributed by atoms with Gasteiger partial charge in [0, 0.05) is 18.0 Å². The van der Waals surface area contributed by atoms with Crippen LogP contribution in [-0.4, -0.2) is 10.3 Å². The number of hydrogen-bond acceptors (Lipinski definition) is 3. The Bertz CT molecular complexity index is 572. The van der Waals surface area contributed by atoms with E-state index in [1.165, 1.54) is 5.56 Å². The van der Waals surface area contributed by atoms with Crippen LogP contribution in [0.5, 0.6) is 0 Å². The van der Waals surface area contributed by atoms with E-state index in [9.17, 15) is 0 Å². The van der Waals surface area contributed by atoms with Gasteiger partial charge < -0.3 is 15.2 Å². The van der Waals surface area contributed by atoms with E-state index in [4.69, 9.17) is 16.7 Å². The lowest BCUT2D eigenvalue weighted by molar-refractivity contribution is 0.405. The van der Waals surface area contributed by atoms with Crippen molar-refractivity contribution in [3.05, 3.63) is 47.7 Å². The molecular formula is C15H19N3OS. The first kappa shape index (κ1) is 14.5. The van der Waals surface area contributed by atoms with Gasteiger partial charge in [-0.3, -0.25) is 0 Å². The van der Waals surface area contributed by atoms with Crippen LogP contribution in [0.15, 0.2) is 40.9 Å². The Morgan fingerprint density at radius 3 is 2.55 bits per heavy atom. The number of rotatable bonds is 3. The Balaban J connectivity index is 1.87. The summed E-state index contributed by atoms with van der Waals surface area (Å²) in [6.07, 6.45) is 0. The van der Waals surface area contributed by atoms with E-state index in [1.54, 1.807) is 0 Å². The van der Waals surface area contributed by atoms with E-state index in [-0.39, 0.29) is 5.41 Å². The molecule has 0 aliphatic heterocycles. The lowest BCUT2D eigenvalue weighted by atomic mass is 9.92. The molecule has 0 fully saturated rings. The second-order valence-corrected chi connectivity index (χ2v) is 6.03. The summed E-state index contributed by atoms with van der Waals surface area (Å²) < 4.78 is 5.23. The van der Waals surface area contributed by atoms with Gasteiger partial charge in [-0.1, -0.05) is 56.3 Å². The molecule has 0 unspecified atom stereocenters. The normalized spacial score (nSPS) is 11.2. The number of thiocarbonyl (C=S) groups is 1. The van der Waals surface area contributed by atoms with Crippen LogP contribution in [0, 0.1) is 0 Å². The molecule has 106 valence electrons. The summed E-state index contributed by atoms with van der Waals surface area (Å²) in [5.74, 6) is 0.556. The first-order chi connectivity index (χ1) is 9.45. The van der Waals surface area contributed by atoms with Gasteiger partial charge in [-0.25, -0.2) is 0 Å². The molecule has 0 saturated carbocycles. The molecule has 20 heavy (non-hydrogen) atoms. The minimum absolute atomic E-state index is 0.0392. The van der Waals surface area contributed by atoms with Gasteiger partial charge in [0.2, 0.25) is 5.88 Å². The lowest BCUT2D eigenvalue weighted by Crippen LogP contribution is -2.27. The fourth-order valence-corrected chi connectivity index (χ4v) is 1.79. The van der Waals surface area contributed by atoms with Crippen molar-refractivity contribution in [2.45, 2.75) is 32.7 Å². The van der Waals surface area contributed by atoms with E-state index in [2.05, 4.69) is 36.6 Å². The maximum atomic E-state index is 5.23. The van der Waals surface area contributed by atoms with Crippen LogP contribution >= 0.6 is 12.2 Å². The standard InChI is InChI=1S/C15H19N3OS/c1-15(2,3)12-9-13(19-18-12)17-14(20)16-10-11-7-5-4-6-8-11/h4-9H,10H2,1-3H3,(H2,16,17,20). The third-order valence-electron chi connectivity index (χ3n) is 2.81. The maximum Gasteiger partial charge on any atom is 0.231 e. The molecule has 0 amide bonds. The molecule has 1 aromatic heterocycles. The SMILES string of the molecule is CC(C)(C)c1cc(NC(=S)NCc2ccccc2)on1. The summed E-state index contributed by atoms with van der Waals surface area (Å²) in [6, 6.07) is 11.9. The molecule has 0 atom stereocenters. The summed E-state index contributed by atoms with van der Waals surface area (Å²) in [5, 5.41) is 10.7. The first-order valence-corrected chi connectivity index (χ1v) is 6.92. The van der Waals surface area contributed by atoms with Crippen LogP contribution in [-0.2, 0) is 12.0 Å². The number of benzene rings is 1. The third kappa shape index (κ3) is 4.06.